The van der Waals surface area contributed by atoms with E-state index in [1.54, 1.807) is 6.20 Å². The van der Waals surface area contributed by atoms with E-state index < -0.39 is 0 Å². The Morgan fingerprint density at radius 3 is 2.86 bits per heavy atom. The van der Waals surface area contributed by atoms with Gasteiger partial charge in [0.25, 0.3) is 0 Å². The summed E-state index contributed by atoms with van der Waals surface area (Å²) in [7, 11) is 0. The molecule has 3 heterocycles. The molecule has 2 N–H and O–H groups in total. The maximum absolute atomic E-state index is 12.9. The monoisotopic (exact) mass is 382 g/mol. The summed E-state index contributed by atoms with van der Waals surface area (Å²) in [4.78, 5) is 24.1. The van der Waals surface area contributed by atoms with Gasteiger partial charge in [-0.2, -0.15) is 5.10 Å². The first kappa shape index (κ1) is 18.9. The molecule has 28 heavy (non-hydrogen) atoms. The molecule has 2 fully saturated rings. The fourth-order valence-electron chi connectivity index (χ4n) is 4.48. The number of H-pyrrole nitrogens is 1. The molecule has 7 nitrogen and oxygen atoms in total. The van der Waals surface area contributed by atoms with Crippen molar-refractivity contribution < 1.29 is 4.79 Å². The molecular weight excluding hydrogens is 352 g/mol. The number of hydrogen-bond acceptors (Lipinski definition) is 5. The third kappa shape index (κ3) is 4.69. The second-order valence-electron chi connectivity index (χ2n) is 8.25. The quantitative estimate of drug-likeness (QED) is 0.825. The van der Waals surface area contributed by atoms with Crippen molar-refractivity contribution in [2.24, 2.45) is 11.8 Å². The van der Waals surface area contributed by atoms with E-state index >= 15 is 0 Å². The molecule has 0 spiro atoms. The molecule has 1 saturated carbocycles. The highest BCUT2D eigenvalue weighted by Crippen LogP contribution is 2.28. The summed E-state index contributed by atoms with van der Waals surface area (Å²) in [5.41, 5.74) is 1.00. The van der Waals surface area contributed by atoms with Crippen LogP contribution in [0.25, 0.3) is 0 Å². The van der Waals surface area contributed by atoms with Gasteiger partial charge in [-0.05, 0) is 44.6 Å². The predicted octanol–water partition coefficient (Wildman–Crippen LogP) is 3.61. The van der Waals surface area contributed by atoms with Crippen LogP contribution in [0.4, 0.5) is 11.6 Å². The second-order valence-corrected chi connectivity index (χ2v) is 8.25. The number of aromatic nitrogens is 4. The van der Waals surface area contributed by atoms with Crippen LogP contribution in [0.3, 0.4) is 0 Å². The van der Waals surface area contributed by atoms with Crippen LogP contribution in [-0.4, -0.2) is 44.1 Å². The number of carbonyl (C=O) groups is 1. The number of rotatable bonds is 5. The molecule has 0 aromatic carbocycles. The molecule has 1 aliphatic carbocycles. The number of aromatic amines is 1. The van der Waals surface area contributed by atoms with Gasteiger partial charge in [-0.3, -0.25) is 9.89 Å². The van der Waals surface area contributed by atoms with Crippen molar-refractivity contribution in [3.05, 3.63) is 29.8 Å². The first-order valence-electron chi connectivity index (χ1n) is 10.6. The van der Waals surface area contributed by atoms with Gasteiger partial charge >= 0.3 is 0 Å². The van der Waals surface area contributed by atoms with E-state index in [9.17, 15) is 4.79 Å². The third-order valence-electron chi connectivity index (χ3n) is 5.92. The van der Waals surface area contributed by atoms with Crippen LogP contribution in [0.2, 0.25) is 0 Å². The second kappa shape index (κ2) is 8.71. The molecule has 0 bridgehead atoms. The minimum absolute atomic E-state index is 0.258. The van der Waals surface area contributed by atoms with Gasteiger partial charge in [0, 0.05) is 43.4 Å². The third-order valence-corrected chi connectivity index (χ3v) is 5.92. The number of carbonyl (C=O) groups excluding carboxylic acids is 1. The van der Waals surface area contributed by atoms with Gasteiger partial charge in [-0.1, -0.05) is 19.3 Å². The van der Waals surface area contributed by atoms with E-state index in [2.05, 4.69) is 30.4 Å². The van der Waals surface area contributed by atoms with E-state index in [1.807, 2.05) is 19.1 Å². The molecule has 1 atom stereocenters. The van der Waals surface area contributed by atoms with Crippen molar-refractivity contribution in [2.75, 3.05) is 18.4 Å². The smallest absolute Gasteiger partial charge is 0.225 e. The van der Waals surface area contributed by atoms with Crippen molar-refractivity contribution in [1.82, 2.24) is 25.1 Å². The molecule has 1 unspecified atom stereocenters. The first-order chi connectivity index (χ1) is 13.7. The van der Waals surface area contributed by atoms with Crippen LogP contribution in [0.1, 0.15) is 56.5 Å². The number of amides is 1. The Balaban J connectivity index is 1.35. The molecule has 7 heteroatoms. The number of piperidine rings is 1. The summed E-state index contributed by atoms with van der Waals surface area (Å²) in [5.74, 6) is 3.41. The van der Waals surface area contributed by atoms with Crippen LogP contribution in [0, 0.1) is 18.8 Å². The van der Waals surface area contributed by atoms with Crippen molar-refractivity contribution in [1.29, 1.82) is 0 Å². The van der Waals surface area contributed by atoms with E-state index in [0.717, 1.165) is 68.3 Å². The average Bonchev–Trinajstić information content (AvgIpc) is 3.13. The molecule has 1 saturated heterocycles. The van der Waals surface area contributed by atoms with Crippen LogP contribution < -0.4 is 5.32 Å². The SMILES string of the molecule is Cc1cc(Nc2ccnc(CC3CCCN(C(=O)C4CCCCC4)C3)n2)n[nH]1. The molecule has 1 amide bonds. The number of likely N-dealkylation sites (tertiary alicyclic amines) is 1. The summed E-state index contributed by atoms with van der Waals surface area (Å²) in [6.45, 7) is 3.72. The molecule has 150 valence electrons. The molecule has 1 aliphatic heterocycles. The normalized spacial score (nSPS) is 20.9. The topological polar surface area (TPSA) is 86.8 Å². The largest absolute Gasteiger partial charge is 0.342 e. The summed E-state index contributed by atoms with van der Waals surface area (Å²) in [6, 6.07) is 3.80. The Kier molecular flexibility index (Phi) is 5.88. The molecular formula is C21H30N6O. The zero-order valence-electron chi connectivity index (χ0n) is 16.7. The van der Waals surface area contributed by atoms with Gasteiger partial charge in [0.15, 0.2) is 5.82 Å². The van der Waals surface area contributed by atoms with Crippen molar-refractivity contribution in [3.63, 3.8) is 0 Å². The zero-order chi connectivity index (χ0) is 19.3. The first-order valence-corrected chi connectivity index (χ1v) is 10.6. The average molecular weight is 383 g/mol. The minimum Gasteiger partial charge on any atom is -0.342 e. The maximum atomic E-state index is 12.9. The van der Waals surface area contributed by atoms with Crippen LogP contribution in [-0.2, 0) is 11.2 Å². The van der Waals surface area contributed by atoms with Gasteiger partial charge in [0.1, 0.15) is 11.6 Å². The Labute approximate surface area is 166 Å². The number of aryl methyl sites for hydroxylation is 1. The van der Waals surface area contributed by atoms with Crippen molar-refractivity contribution >= 4 is 17.5 Å². The van der Waals surface area contributed by atoms with E-state index in [-0.39, 0.29) is 5.92 Å². The Morgan fingerprint density at radius 2 is 2.07 bits per heavy atom. The van der Waals surface area contributed by atoms with Gasteiger partial charge in [0.05, 0.1) is 0 Å². The lowest BCUT2D eigenvalue weighted by molar-refractivity contribution is -0.138. The summed E-state index contributed by atoms with van der Waals surface area (Å²) < 4.78 is 0. The summed E-state index contributed by atoms with van der Waals surface area (Å²) in [6.07, 6.45) is 10.6. The molecule has 2 aromatic rings. The fraction of sp³-hybridized carbons (Fsp3) is 0.619. The standard InChI is InChI=1S/C21H30N6O/c1-15-12-20(26-25-15)24-18-9-10-22-19(23-18)13-16-6-5-11-27(14-16)21(28)17-7-3-2-4-8-17/h9-10,12,16-17H,2-8,11,13-14H2,1H3,(H2,22,23,24,25,26). The highest BCUT2D eigenvalue weighted by atomic mass is 16.2. The zero-order valence-corrected chi connectivity index (χ0v) is 16.7. The van der Waals surface area contributed by atoms with Crippen LogP contribution in [0.15, 0.2) is 18.3 Å². The van der Waals surface area contributed by atoms with Crippen LogP contribution in [0.5, 0.6) is 0 Å². The highest BCUT2D eigenvalue weighted by Gasteiger charge is 2.30. The van der Waals surface area contributed by atoms with E-state index in [0.29, 0.717) is 11.8 Å². The highest BCUT2D eigenvalue weighted by molar-refractivity contribution is 5.79. The summed E-state index contributed by atoms with van der Waals surface area (Å²) >= 11 is 0. The Morgan fingerprint density at radius 1 is 1.21 bits per heavy atom. The predicted molar refractivity (Wildman–Crippen MR) is 108 cm³/mol. The fourth-order valence-corrected chi connectivity index (χ4v) is 4.48. The van der Waals surface area contributed by atoms with Gasteiger partial charge in [-0.25, -0.2) is 9.97 Å². The minimum atomic E-state index is 0.258. The van der Waals surface area contributed by atoms with Gasteiger partial charge < -0.3 is 10.2 Å². The molecule has 4 rings (SSSR count). The van der Waals surface area contributed by atoms with E-state index in [4.69, 9.17) is 0 Å². The molecule has 0 radical (unpaired) electrons. The number of nitrogens with one attached hydrogen (secondary N) is 2. The number of nitrogens with zero attached hydrogens (tertiary/aromatic N) is 4. The van der Waals surface area contributed by atoms with Gasteiger partial charge in [0.2, 0.25) is 5.91 Å². The molecule has 2 aromatic heterocycles. The van der Waals surface area contributed by atoms with Crippen molar-refractivity contribution in [3.8, 4) is 0 Å². The van der Waals surface area contributed by atoms with E-state index in [1.165, 1.54) is 19.3 Å². The summed E-state index contributed by atoms with van der Waals surface area (Å²) in [5, 5.41) is 10.3. The maximum Gasteiger partial charge on any atom is 0.225 e. The number of anilines is 2. The van der Waals surface area contributed by atoms with Crippen LogP contribution >= 0.6 is 0 Å². The lowest BCUT2D eigenvalue weighted by atomic mass is 9.87. The van der Waals surface area contributed by atoms with Crippen molar-refractivity contribution in [2.45, 2.75) is 58.3 Å². The molecule has 2 aliphatic rings. The lowest BCUT2D eigenvalue weighted by Gasteiger charge is -2.35. The Hall–Kier alpha value is -2.44. The van der Waals surface area contributed by atoms with Gasteiger partial charge in [-0.15, -0.1) is 0 Å². The lowest BCUT2D eigenvalue weighted by Crippen LogP contribution is -2.44. The number of hydrogen-bond donors (Lipinski definition) is 2. The Bertz CT molecular complexity index is 798.